The van der Waals surface area contributed by atoms with Gasteiger partial charge in [-0.15, -0.1) is 11.3 Å². The van der Waals surface area contributed by atoms with Crippen molar-refractivity contribution in [3.8, 4) is 11.1 Å². The number of thiazole rings is 1. The Hall–Kier alpha value is -4.11. The molecule has 0 saturated heterocycles. The van der Waals surface area contributed by atoms with Crippen LogP contribution in [0.2, 0.25) is 0 Å². The second kappa shape index (κ2) is 8.83. The molecule has 0 spiro atoms. The Morgan fingerprint density at radius 2 is 1.78 bits per heavy atom. The highest BCUT2D eigenvalue weighted by molar-refractivity contribution is 7.16. The van der Waals surface area contributed by atoms with Crippen LogP contribution >= 0.6 is 11.3 Å². The summed E-state index contributed by atoms with van der Waals surface area (Å²) in [6.45, 7) is 0. The standard InChI is InChI=1S/C27H19F3N2O3S/c1-35-26(34)21-14-36-25-22(17-9-5-10-18(12-17)27(28,29)30)20(23(31)24(33)32(21)25)13-16-8-4-7-15-6-2-3-11-19(15)16/h2-12,14H,13,31H2,1H3. The number of aromatic nitrogens is 1. The molecule has 5 aromatic rings. The molecule has 0 aliphatic rings. The van der Waals surface area contributed by atoms with E-state index in [1.54, 1.807) is 6.07 Å². The van der Waals surface area contributed by atoms with Crippen molar-refractivity contribution < 1.29 is 22.7 Å². The number of fused-ring (bicyclic) bond motifs is 2. The first-order valence-electron chi connectivity index (χ1n) is 10.9. The second-order valence-corrected chi connectivity index (χ2v) is 9.08. The van der Waals surface area contributed by atoms with Gasteiger partial charge >= 0.3 is 12.1 Å². The lowest BCUT2D eigenvalue weighted by atomic mass is 9.92. The fourth-order valence-electron chi connectivity index (χ4n) is 4.43. The Labute approximate surface area is 207 Å². The number of benzene rings is 3. The Kier molecular flexibility index (Phi) is 5.80. The van der Waals surface area contributed by atoms with Gasteiger partial charge < -0.3 is 10.5 Å². The van der Waals surface area contributed by atoms with Crippen LogP contribution in [0.5, 0.6) is 0 Å². The maximum Gasteiger partial charge on any atom is 0.416 e. The number of anilines is 1. The van der Waals surface area contributed by atoms with Gasteiger partial charge in [0.2, 0.25) is 0 Å². The van der Waals surface area contributed by atoms with Gasteiger partial charge in [-0.3, -0.25) is 9.20 Å². The van der Waals surface area contributed by atoms with E-state index in [1.165, 1.54) is 18.6 Å². The summed E-state index contributed by atoms with van der Waals surface area (Å²) in [7, 11) is 1.18. The number of methoxy groups -OCH3 is 1. The van der Waals surface area contributed by atoms with Crippen LogP contribution in [0, 0.1) is 0 Å². The van der Waals surface area contributed by atoms with Gasteiger partial charge in [0.25, 0.3) is 5.56 Å². The molecule has 0 amide bonds. The van der Waals surface area contributed by atoms with Crippen molar-refractivity contribution in [3.05, 3.63) is 105 Å². The smallest absolute Gasteiger partial charge is 0.416 e. The highest BCUT2D eigenvalue weighted by atomic mass is 32.1. The van der Waals surface area contributed by atoms with Crippen LogP contribution < -0.4 is 11.3 Å². The minimum Gasteiger partial charge on any atom is -0.464 e. The van der Waals surface area contributed by atoms with Gasteiger partial charge in [-0.25, -0.2) is 4.79 Å². The summed E-state index contributed by atoms with van der Waals surface area (Å²) in [5.41, 5.74) is 6.59. The third-order valence-corrected chi connectivity index (χ3v) is 7.07. The largest absolute Gasteiger partial charge is 0.464 e. The van der Waals surface area contributed by atoms with Gasteiger partial charge in [-0.2, -0.15) is 13.2 Å². The van der Waals surface area contributed by atoms with Gasteiger partial charge in [-0.05, 0) is 39.6 Å². The molecule has 5 rings (SSSR count). The van der Waals surface area contributed by atoms with Crippen LogP contribution in [0.15, 0.2) is 76.9 Å². The Bertz CT molecular complexity index is 1700. The second-order valence-electron chi connectivity index (χ2n) is 8.22. The zero-order chi connectivity index (χ0) is 25.6. The van der Waals surface area contributed by atoms with E-state index in [2.05, 4.69) is 0 Å². The van der Waals surface area contributed by atoms with E-state index in [4.69, 9.17) is 10.5 Å². The van der Waals surface area contributed by atoms with E-state index >= 15 is 0 Å². The SMILES string of the molecule is COC(=O)c1csc2c(-c3cccc(C(F)(F)F)c3)c(Cc3cccc4ccccc34)c(N)c(=O)n12. The number of rotatable bonds is 4. The normalized spacial score (nSPS) is 11.8. The average Bonchev–Trinajstić information content (AvgIpc) is 3.31. The lowest BCUT2D eigenvalue weighted by Gasteiger charge is -2.17. The summed E-state index contributed by atoms with van der Waals surface area (Å²) in [4.78, 5) is 26.0. The van der Waals surface area contributed by atoms with Gasteiger partial charge in [0, 0.05) is 17.4 Å². The molecule has 2 N–H and O–H groups in total. The third kappa shape index (κ3) is 3.91. The van der Waals surface area contributed by atoms with Gasteiger partial charge in [-0.1, -0.05) is 54.6 Å². The molecule has 3 aromatic carbocycles. The first-order chi connectivity index (χ1) is 17.2. The zero-order valence-electron chi connectivity index (χ0n) is 18.9. The molecule has 182 valence electrons. The predicted molar refractivity (Wildman–Crippen MR) is 134 cm³/mol. The van der Waals surface area contributed by atoms with E-state index in [0.717, 1.165) is 44.2 Å². The highest BCUT2D eigenvalue weighted by Gasteiger charge is 2.31. The number of nitrogens with two attached hydrogens (primary N) is 1. The molecule has 9 heteroatoms. The van der Waals surface area contributed by atoms with E-state index in [-0.39, 0.29) is 23.4 Å². The van der Waals surface area contributed by atoms with Crippen LogP contribution in [0.3, 0.4) is 0 Å². The Morgan fingerprint density at radius 3 is 2.53 bits per heavy atom. The van der Waals surface area contributed by atoms with Crippen LogP contribution in [-0.4, -0.2) is 17.5 Å². The monoisotopic (exact) mass is 508 g/mol. The number of ether oxygens (including phenoxy) is 1. The van der Waals surface area contributed by atoms with Crippen LogP contribution in [0.1, 0.15) is 27.2 Å². The van der Waals surface area contributed by atoms with E-state index in [9.17, 15) is 22.8 Å². The molecule has 0 fully saturated rings. The van der Waals surface area contributed by atoms with Crippen molar-refractivity contribution in [2.45, 2.75) is 12.6 Å². The van der Waals surface area contributed by atoms with E-state index in [0.29, 0.717) is 16.0 Å². The van der Waals surface area contributed by atoms with Gasteiger partial charge in [0.15, 0.2) is 0 Å². The zero-order valence-corrected chi connectivity index (χ0v) is 19.7. The topological polar surface area (TPSA) is 73.8 Å². The maximum atomic E-state index is 13.6. The number of pyridine rings is 1. The summed E-state index contributed by atoms with van der Waals surface area (Å²) in [5.74, 6) is -0.750. The highest BCUT2D eigenvalue weighted by Crippen LogP contribution is 2.39. The molecule has 36 heavy (non-hydrogen) atoms. The fraction of sp³-hybridized carbons (Fsp3) is 0.111. The third-order valence-electron chi connectivity index (χ3n) is 6.12. The maximum absolute atomic E-state index is 13.6. The predicted octanol–water partition coefficient (Wildman–Crippen LogP) is 6.16. The molecular weight excluding hydrogens is 489 g/mol. The first kappa shape index (κ1) is 23.6. The number of nitrogen functional groups attached to an aromatic ring is 1. The summed E-state index contributed by atoms with van der Waals surface area (Å²) in [5, 5.41) is 3.37. The lowest BCUT2D eigenvalue weighted by molar-refractivity contribution is -0.137. The molecule has 0 unspecified atom stereocenters. The van der Waals surface area contributed by atoms with Gasteiger partial charge in [0.05, 0.1) is 12.7 Å². The number of carbonyl (C=O) groups excluding carboxylic acids is 1. The van der Waals surface area contributed by atoms with E-state index in [1.807, 2.05) is 42.5 Å². The first-order valence-corrected chi connectivity index (χ1v) is 11.8. The van der Waals surface area contributed by atoms with Crippen molar-refractivity contribution >= 4 is 38.6 Å². The average molecular weight is 509 g/mol. The summed E-state index contributed by atoms with van der Waals surface area (Å²) in [6, 6.07) is 18.3. The van der Waals surface area contributed by atoms with Crippen LogP contribution in [0.25, 0.3) is 26.7 Å². The molecule has 0 aliphatic heterocycles. The number of carbonyl (C=O) groups is 1. The molecule has 0 radical (unpaired) electrons. The minimum absolute atomic E-state index is 0.0425. The minimum atomic E-state index is -4.56. The summed E-state index contributed by atoms with van der Waals surface area (Å²) in [6.07, 6.45) is -4.36. The van der Waals surface area contributed by atoms with Crippen LogP contribution in [0.4, 0.5) is 18.9 Å². The molecule has 0 aliphatic carbocycles. The molecule has 5 nitrogen and oxygen atoms in total. The van der Waals surface area contributed by atoms with Gasteiger partial charge in [0.1, 0.15) is 16.2 Å². The Morgan fingerprint density at radius 1 is 1.06 bits per heavy atom. The Balaban J connectivity index is 1.85. The van der Waals surface area contributed by atoms with Crippen molar-refractivity contribution in [1.82, 2.24) is 4.40 Å². The summed E-state index contributed by atoms with van der Waals surface area (Å²) < 4.78 is 46.7. The quantitative estimate of drug-likeness (QED) is 0.295. The molecule has 0 atom stereocenters. The number of hydrogen-bond donors (Lipinski definition) is 1. The fourth-order valence-corrected chi connectivity index (χ4v) is 5.50. The molecule has 2 heterocycles. The molecule has 0 bridgehead atoms. The number of hydrogen-bond acceptors (Lipinski definition) is 5. The van der Waals surface area contributed by atoms with Crippen LogP contribution in [-0.2, 0) is 17.3 Å². The van der Waals surface area contributed by atoms with Crippen molar-refractivity contribution in [1.29, 1.82) is 0 Å². The summed E-state index contributed by atoms with van der Waals surface area (Å²) >= 11 is 1.07. The molecule has 2 aromatic heterocycles. The number of halogens is 3. The van der Waals surface area contributed by atoms with Crippen molar-refractivity contribution in [3.63, 3.8) is 0 Å². The number of alkyl halides is 3. The number of nitrogens with zero attached hydrogens (tertiary/aromatic N) is 1. The number of esters is 1. The molecule has 0 saturated carbocycles. The molecular formula is C27H19F3N2O3S. The van der Waals surface area contributed by atoms with Crippen molar-refractivity contribution in [2.24, 2.45) is 0 Å². The van der Waals surface area contributed by atoms with E-state index < -0.39 is 23.3 Å². The lowest BCUT2D eigenvalue weighted by Crippen LogP contribution is -2.23. The van der Waals surface area contributed by atoms with Crippen molar-refractivity contribution in [2.75, 3.05) is 12.8 Å².